The summed E-state index contributed by atoms with van der Waals surface area (Å²) in [6.45, 7) is 8.13. The molecule has 19 heavy (non-hydrogen) atoms. The molecule has 0 saturated heterocycles. The van der Waals surface area contributed by atoms with Gasteiger partial charge in [-0.05, 0) is 58.8 Å². The molecule has 1 atom stereocenters. The molecule has 1 N–H and O–H groups in total. The highest BCUT2D eigenvalue weighted by Gasteiger charge is 2.23. The number of nitriles is 1. The minimum Gasteiger partial charge on any atom is -0.468 e. The average molecular weight is 280 g/mol. The lowest BCUT2D eigenvalue weighted by Gasteiger charge is -2.25. The van der Waals surface area contributed by atoms with Crippen molar-refractivity contribution in [3.05, 3.63) is 18.1 Å². The molecule has 4 heteroatoms. The van der Waals surface area contributed by atoms with E-state index in [9.17, 15) is 5.26 Å². The summed E-state index contributed by atoms with van der Waals surface area (Å²) in [7, 11) is 0. The Morgan fingerprint density at radius 3 is 2.74 bits per heavy atom. The number of nitrogens with one attached hydrogen (secondary N) is 1. The van der Waals surface area contributed by atoms with Crippen LogP contribution in [-0.2, 0) is 0 Å². The lowest BCUT2D eigenvalue weighted by Crippen LogP contribution is -2.44. The summed E-state index contributed by atoms with van der Waals surface area (Å²) >= 11 is 1.83. The van der Waals surface area contributed by atoms with E-state index in [4.69, 9.17) is 4.42 Å². The third-order valence-electron chi connectivity index (χ3n) is 2.99. The minimum atomic E-state index is -0.398. The highest BCUT2D eigenvalue weighted by atomic mass is 32.2. The molecule has 1 aromatic heterocycles. The summed E-state index contributed by atoms with van der Waals surface area (Å²) in [6.07, 6.45) is 4.81. The van der Waals surface area contributed by atoms with Crippen LogP contribution in [0.25, 0.3) is 0 Å². The Morgan fingerprint density at radius 1 is 1.47 bits per heavy atom. The zero-order valence-electron chi connectivity index (χ0n) is 12.3. The zero-order chi connectivity index (χ0) is 14.3. The van der Waals surface area contributed by atoms with Crippen molar-refractivity contribution in [2.75, 3.05) is 5.75 Å². The van der Waals surface area contributed by atoms with Crippen molar-refractivity contribution in [2.45, 2.75) is 63.4 Å². The molecule has 0 aliphatic heterocycles. The molecule has 3 nitrogen and oxygen atoms in total. The predicted molar refractivity (Wildman–Crippen MR) is 80.3 cm³/mol. The number of nitrogens with zero attached hydrogens (tertiary/aromatic N) is 1. The first-order chi connectivity index (χ1) is 8.97. The van der Waals surface area contributed by atoms with Crippen molar-refractivity contribution in [1.29, 1.82) is 5.26 Å². The predicted octanol–water partition coefficient (Wildman–Crippen LogP) is 4.13. The van der Waals surface area contributed by atoms with Gasteiger partial charge in [-0.15, -0.1) is 11.8 Å². The van der Waals surface area contributed by atoms with Gasteiger partial charge < -0.3 is 4.42 Å². The molecular weight excluding hydrogens is 256 g/mol. The zero-order valence-corrected chi connectivity index (χ0v) is 13.1. The lowest BCUT2D eigenvalue weighted by molar-refractivity contribution is 0.372. The van der Waals surface area contributed by atoms with Crippen LogP contribution in [0.2, 0.25) is 0 Å². The molecule has 0 aromatic carbocycles. The van der Waals surface area contributed by atoms with E-state index in [1.54, 1.807) is 6.26 Å². The van der Waals surface area contributed by atoms with Gasteiger partial charge in [0, 0.05) is 10.9 Å². The first-order valence-electron chi connectivity index (χ1n) is 6.83. The number of unbranched alkanes of at least 4 members (excludes halogenated alkanes) is 1. The van der Waals surface area contributed by atoms with E-state index in [1.165, 1.54) is 4.90 Å². The molecular formula is C15H24N2OS. The molecule has 1 rings (SSSR count). The second kappa shape index (κ2) is 7.62. The normalized spacial score (nSPS) is 14.3. The summed E-state index contributed by atoms with van der Waals surface area (Å²) in [4.78, 5) is 1.23. The van der Waals surface area contributed by atoms with Crippen LogP contribution >= 0.6 is 11.8 Å². The molecule has 0 aliphatic rings. The van der Waals surface area contributed by atoms with E-state index in [2.05, 4.69) is 25.2 Å². The van der Waals surface area contributed by atoms with Crippen LogP contribution in [0.5, 0.6) is 0 Å². The van der Waals surface area contributed by atoms with Crippen molar-refractivity contribution in [3.63, 3.8) is 0 Å². The highest BCUT2D eigenvalue weighted by molar-refractivity contribution is 7.99. The van der Waals surface area contributed by atoms with Gasteiger partial charge >= 0.3 is 0 Å². The Balaban J connectivity index is 2.23. The van der Waals surface area contributed by atoms with Crippen LogP contribution in [0, 0.1) is 18.3 Å². The van der Waals surface area contributed by atoms with Gasteiger partial charge in [-0.25, -0.2) is 0 Å². The van der Waals surface area contributed by atoms with E-state index in [1.807, 2.05) is 31.7 Å². The van der Waals surface area contributed by atoms with Crippen molar-refractivity contribution in [1.82, 2.24) is 5.32 Å². The summed E-state index contributed by atoms with van der Waals surface area (Å²) in [5, 5.41) is 12.6. The Kier molecular flexibility index (Phi) is 6.47. The Labute approximate surface area is 120 Å². The number of thioether (sulfide) groups is 1. The van der Waals surface area contributed by atoms with Crippen molar-refractivity contribution in [2.24, 2.45) is 0 Å². The fraction of sp³-hybridized carbons (Fsp3) is 0.667. The van der Waals surface area contributed by atoms with Gasteiger partial charge in [-0.2, -0.15) is 5.26 Å². The van der Waals surface area contributed by atoms with Gasteiger partial charge in [-0.1, -0.05) is 0 Å². The van der Waals surface area contributed by atoms with Gasteiger partial charge in [0.05, 0.1) is 12.3 Å². The van der Waals surface area contributed by atoms with Crippen LogP contribution in [0.3, 0.4) is 0 Å². The maximum atomic E-state index is 9.25. The van der Waals surface area contributed by atoms with Crippen molar-refractivity contribution < 1.29 is 4.42 Å². The summed E-state index contributed by atoms with van der Waals surface area (Å²) in [5.74, 6) is 2.07. The van der Waals surface area contributed by atoms with Crippen LogP contribution in [0.15, 0.2) is 21.6 Å². The Morgan fingerprint density at radius 2 is 2.21 bits per heavy atom. The smallest absolute Gasteiger partial charge is 0.114 e. The van der Waals surface area contributed by atoms with E-state index >= 15 is 0 Å². The highest BCUT2D eigenvalue weighted by Crippen LogP contribution is 2.25. The molecule has 106 valence electrons. The number of hydrogen-bond acceptors (Lipinski definition) is 4. The Bertz CT molecular complexity index is 422. The lowest BCUT2D eigenvalue weighted by atomic mass is 9.96. The van der Waals surface area contributed by atoms with Crippen LogP contribution in [0.1, 0.15) is 45.8 Å². The second-order valence-corrected chi connectivity index (χ2v) is 6.53. The van der Waals surface area contributed by atoms with Crippen LogP contribution < -0.4 is 5.32 Å². The molecule has 0 bridgehead atoms. The van der Waals surface area contributed by atoms with Crippen molar-refractivity contribution in [3.8, 4) is 6.07 Å². The fourth-order valence-corrected chi connectivity index (χ4v) is 3.05. The number of aryl methyl sites for hydroxylation is 1. The maximum Gasteiger partial charge on any atom is 0.114 e. The first-order valence-corrected chi connectivity index (χ1v) is 7.81. The largest absolute Gasteiger partial charge is 0.468 e. The molecule has 0 fully saturated rings. The van der Waals surface area contributed by atoms with E-state index in [0.29, 0.717) is 6.04 Å². The molecule has 0 radical (unpaired) electrons. The van der Waals surface area contributed by atoms with E-state index < -0.39 is 5.54 Å². The summed E-state index contributed by atoms with van der Waals surface area (Å²) in [5.41, 5.74) is -0.398. The van der Waals surface area contributed by atoms with E-state index in [0.717, 1.165) is 30.8 Å². The molecule has 1 unspecified atom stereocenters. The molecule has 0 spiro atoms. The average Bonchev–Trinajstić information content (AvgIpc) is 2.74. The topological polar surface area (TPSA) is 49.0 Å². The third-order valence-corrected chi connectivity index (χ3v) is 4.22. The van der Waals surface area contributed by atoms with Gasteiger partial charge in [0.25, 0.3) is 0 Å². The van der Waals surface area contributed by atoms with Crippen LogP contribution in [0.4, 0.5) is 0 Å². The first kappa shape index (κ1) is 16.1. The van der Waals surface area contributed by atoms with Gasteiger partial charge in [0.1, 0.15) is 11.3 Å². The maximum absolute atomic E-state index is 9.25. The van der Waals surface area contributed by atoms with E-state index in [-0.39, 0.29) is 0 Å². The minimum absolute atomic E-state index is 0.340. The van der Waals surface area contributed by atoms with Crippen LogP contribution in [-0.4, -0.2) is 17.3 Å². The van der Waals surface area contributed by atoms with Crippen molar-refractivity contribution >= 4 is 11.8 Å². The molecule has 1 aromatic rings. The summed E-state index contributed by atoms with van der Waals surface area (Å²) < 4.78 is 5.26. The number of rotatable bonds is 8. The van der Waals surface area contributed by atoms with Gasteiger partial charge in [0.2, 0.25) is 0 Å². The molecule has 0 aliphatic carbocycles. The molecule has 0 amide bonds. The van der Waals surface area contributed by atoms with Gasteiger partial charge in [0.15, 0.2) is 0 Å². The Hall–Kier alpha value is -0.920. The third kappa shape index (κ3) is 5.71. The second-order valence-electron chi connectivity index (χ2n) is 5.39. The number of furan rings is 1. The number of hydrogen-bond donors (Lipinski definition) is 1. The fourth-order valence-electron chi connectivity index (χ4n) is 2.08. The quantitative estimate of drug-likeness (QED) is 0.574. The monoisotopic (exact) mass is 280 g/mol. The standard InChI is InChI=1S/C15H24N2OS/c1-12(2)17-15(4,11-16)8-5-6-10-19-14-7-9-18-13(14)3/h7,9,12,17H,5-6,8,10H2,1-4H3. The SMILES string of the molecule is Cc1occc1SCCCCC(C)(C#N)NC(C)C. The van der Waals surface area contributed by atoms with Gasteiger partial charge in [-0.3, -0.25) is 5.32 Å². The molecule has 0 saturated carbocycles. The summed E-state index contributed by atoms with van der Waals surface area (Å²) in [6, 6.07) is 4.74. The molecule has 1 heterocycles.